The van der Waals surface area contributed by atoms with E-state index in [2.05, 4.69) is 15.9 Å². The molecule has 0 bridgehead atoms. The smallest absolute Gasteiger partial charge is 0.251 e. The van der Waals surface area contributed by atoms with Crippen LogP contribution < -0.4 is 0 Å². The van der Waals surface area contributed by atoms with E-state index in [-0.39, 0.29) is 6.54 Å². The van der Waals surface area contributed by atoms with Gasteiger partial charge in [-0.3, -0.25) is 4.90 Å². The molecular formula is C8H14BrF2N. The number of hydrogen-bond acceptors (Lipinski definition) is 1. The molecule has 0 unspecified atom stereocenters. The van der Waals surface area contributed by atoms with Crippen molar-refractivity contribution in [3.8, 4) is 0 Å². The Balaban J connectivity index is 2.26. The van der Waals surface area contributed by atoms with Crippen molar-refractivity contribution in [2.24, 2.45) is 0 Å². The van der Waals surface area contributed by atoms with E-state index >= 15 is 0 Å². The number of hydrogen-bond donors (Lipinski definition) is 0. The van der Waals surface area contributed by atoms with Crippen LogP contribution in [0.15, 0.2) is 0 Å². The van der Waals surface area contributed by atoms with E-state index < -0.39 is 6.43 Å². The molecular weight excluding hydrogens is 228 g/mol. The minimum Gasteiger partial charge on any atom is -0.294 e. The molecule has 0 aromatic carbocycles. The van der Waals surface area contributed by atoms with Gasteiger partial charge in [-0.2, -0.15) is 0 Å². The zero-order chi connectivity index (χ0) is 8.97. The maximum atomic E-state index is 12.1. The highest BCUT2D eigenvalue weighted by molar-refractivity contribution is 9.09. The lowest BCUT2D eigenvalue weighted by molar-refractivity contribution is 0.0463. The Bertz CT molecular complexity index is 128. The summed E-state index contributed by atoms with van der Waals surface area (Å²) in [6.45, 7) is 0.686. The standard InChI is InChI=1S/C8H14BrF2N/c9-4-5-12(6-8(10)11)7-2-1-3-7/h7-8H,1-6H2. The molecule has 12 heavy (non-hydrogen) atoms. The van der Waals surface area contributed by atoms with Gasteiger partial charge in [0.25, 0.3) is 6.43 Å². The lowest BCUT2D eigenvalue weighted by atomic mass is 9.91. The molecule has 72 valence electrons. The summed E-state index contributed by atoms with van der Waals surface area (Å²) in [5.41, 5.74) is 0. The van der Waals surface area contributed by atoms with Crippen LogP contribution in [0.4, 0.5) is 8.78 Å². The maximum Gasteiger partial charge on any atom is 0.251 e. The van der Waals surface area contributed by atoms with Crippen LogP contribution >= 0.6 is 15.9 Å². The van der Waals surface area contributed by atoms with E-state index in [0.717, 1.165) is 24.7 Å². The normalized spacial score (nSPS) is 18.8. The number of rotatable bonds is 5. The SMILES string of the molecule is FC(F)CN(CCBr)C1CCC1. The molecule has 0 radical (unpaired) electrons. The third kappa shape index (κ3) is 2.98. The minimum absolute atomic E-state index is 0.0593. The average Bonchev–Trinajstić information content (AvgIpc) is 1.81. The fourth-order valence-electron chi connectivity index (χ4n) is 1.46. The molecule has 0 aromatic rings. The van der Waals surface area contributed by atoms with Crippen molar-refractivity contribution in [3.05, 3.63) is 0 Å². The van der Waals surface area contributed by atoms with Crippen LogP contribution in [0.2, 0.25) is 0 Å². The molecule has 0 heterocycles. The van der Waals surface area contributed by atoms with Crippen molar-refractivity contribution >= 4 is 15.9 Å². The van der Waals surface area contributed by atoms with Gasteiger partial charge in [0.1, 0.15) is 0 Å². The predicted molar refractivity (Wildman–Crippen MR) is 49.0 cm³/mol. The topological polar surface area (TPSA) is 3.24 Å². The Morgan fingerprint density at radius 1 is 1.42 bits per heavy atom. The molecule has 0 atom stereocenters. The van der Waals surface area contributed by atoms with Gasteiger partial charge in [0.2, 0.25) is 0 Å². The van der Waals surface area contributed by atoms with Crippen LogP contribution in [0.1, 0.15) is 19.3 Å². The molecule has 1 aliphatic rings. The Hall–Kier alpha value is 0.300. The lowest BCUT2D eigenvalue weighted by Gasteiger charge is -2.36. The Labute approximate surface area is 80.2 Å². The van der Waals surface area contributed by atoms with Gasteiger partial charge in [0, 0.05) is 17.9 Å². The highest BCUT2D eigenvalue weighted by atomic mass is 79.9. The summed E-state index contributed by atoms with van der Waals surface area (Å²) in [7, 11) is 0. The van der Waals surface area contributed by atoms with E-state index in [4.69, 9.17) is 0 Å². The van der Waals surface area contributed by atoms with E-state index in [1.54, 1.807) is 0 Å². The molecule has 4 heteroatoms. The second-order valence-electron chi connectivity index (χ2n) is 3.16. The molecule has 0 N–H and O–H groups in total. The van der Waals surface area contributed by atoms with Crippen molar-refractivity contribution in [1.82, 2.24) is 4.90 Å². The first-order chi connectivity index (χ1) is 5.74. The van der Waals surface area contributed by atoms with Crippen molar-refractivity contribution in [2.75, 3.05) is 18.4 Å². The zero-order valence-electron chi connectivity index (χ0n) is 6.98. The summed E-state index contributed by atoms with van der Waals surface area (Å²) in [6, 6.07) is 0.427. The molecule has 1 fully saturated rings. The predicted octanol–water partition coefficient (Wildman–Crippen LogP) is 2.50. The lowest BCUT2D eigenvalue weighted by Crippen LogP contribution is -2.43. The number of halogens is 3. The molecule has 0 aromatic heterocycles. The Kier molecular flexibility index (Phi) is 4.43. The first kappa shape index (κ1) is 10.4. The summed E-state index contributed by atoms with van der Waals surface area (Å²) < 4.78 is 24.1. The minimum atomic E-state index is -2.19. The molecule has 1 saturated carbocycles. The molecule has 1 nitrogen and oxygen atoms in total. The van der Waals surface area contributed by atoms with Gasteiger partial charge < -0.3 is 0 Å². The third-order valence-corrected chi connectivity index (χ3v) is 2.69. The van der Waals surface area contributed by atoms with Crippen LogP contribution in [-0.2, 0) is 0 Å². The molecule has 0 aliphatic heterocycles. The van der Waals surface area contributed by atoms with E-state index in [9.17, 15) is 8.78 Å². The fraction of sp³-hybridized carbons (Fsp3) is 1.00. The first-order valence-corrected chi connectivity index (χ1v) is 5.44. The summed E-state index contributed by atoms with van der Waals surface area (Å²) in [5.74, 6) is 0. The Morgan fingerprint density at radius 2 is 2.08 bits per heavy atom. The molecule has 1 rings (SSSR count). The quantitative estimate of drug-likeness (QED) is 0.669. The van der Waals surface area contributed by atoms with E-state index in [1.807, 2.05) is 4.90 Å². The largest absolute Gasteiger partial charge is 0.294 e. The monoisotopic (exact) mass is 241 g/mol. The molecule has 0 amide bonds. The van der Waals surface area contributed by atoms with Crippen LogP contribution in [0.3, 0.4) is 0 Å². The number of nitrogens with zero attached hydrogens (tertiary/aromatic N) is 1. The summed E-state index contributed by atoms with van der Waals surface area (Å²) in [6.07, 6.45) is 1.20. The van der Waals surface area contributed by atoms with Crippen LogP contribution in [-0.4, -0.2) is 35.8 Å². The second-order valence-corrected chi connectivity index (χ2v) is 3.95. The van der Waals surface area contributed by atoms with E-state index in [1.165, 1.54) is 6.42 Å². The van der Waals surface area contributed by atoms with Crippen molar-refractivity contribution in [3.63, 3.8) is 0 Å². The molecule has 0 saturated heterocycles. The summed E-state index contributed by atoms with van der Waals surface area (Å²) in [4.78, 5) is 1.89. The van der Waals surface area contributed by atoms with Crippen LogP contribution in [0, 0.1) is 0 Å². The second kappa shape index (κ2) is 5.12. The van der Waals surface area contributed by atoms with Crippen LogP contribution in [0.5, 0.6) is 0 Å². The van der Waals surface area contributed by atoms with Gasteiger partial charge >= 0.3 is 0 Å². The fourth-order valence-corrected chi connectivity index (χ4v) is 1.92. The molecule has 1 aliphatic carbocycles. The summed E-state index contributed by atoms with van der Waals surface area (Å²) in [5, 5.41) is 0.788. The highest BCUT2D eigenvalue weighted by Gasteiger charge is 2.26. The van der Waals surface area contributed by atoms with Gasteiger partial charge in [-0.15, -0.1) is 0 Å². The van der Waals surface area contributed by atoms with Gasteiger partial charge in [-0.1, -0.05) is 22.4 Å². The van der Waals surface area contributed by atoms with E-state index in [0.29, 0.717) is 6.04 Å². The maximum absolute atomic E-state index is 12.1. The van der Waals surface area contributed by atoms with Gasteiger partial charge in [0.15, 0.2) is 0 Å². The highest BCUT2D eigenvalue weighted by Crippen LogP contribution is 2.25. The van der Waals surface area contributed by atoms with Crippen molar-refractivity contribution in [1.29, 1.82) is 0 Å². The average molecular weight is 242 g/mol. The molecule has 0 spiro atoms. The van der Waals surface area contributed by atoms with Crippen molar-refractivity contribution < 1.29 is 8.78 Å². The first-order valence-electron chi connectivity index (χ1n) is 4.32. The van der Waals surface area contributed by atoms with Gasteiger partial charge in [-0.05, 0) is 12.8 Å². The third-order valence-electron chi connectivity index (χ3n) is 2.34. The van der Waals surface area contributed by atoms with Crippen molar-refractivity contribution in [2.45, 2.75) is 31.7 Å². The zero-order valence-corrected chi connectivity index (χ0v) is 8.56. The van der Waals surface area contributed by atoms with Crippen LogP contribution in [0.25, 0.3) is 0 Å². The van der Waals surface area contributed by atoms with Gasteiger partial charge in [-0.25, -0.2) is 8.78 Å². The summed E-state index contributed by atoms with van der Waals surface area (Å²) >= 11 is 3.27. The number of alkyl halides is 3. The van der Waals surface area contributed by atoms with Gasteiger partial charge in [0.05, 0.1) is 6.54 Å². The Morgan fingerprint density at radius 3 is 2.42 bits per heavy atom.